The van der Waals surface area contributed by atoms with E-state index in [1.165, 1.54) is 48.5 Å². The topological polar surface area (TPSA) is 152 Å². The van der Waals surface area contributed by atoms with Crippen molar-refractivity contribution >= 4 is 28.0 Å². The molecule has 1 N–H and O–H groups in total. The van der Waals surface area contributed by atoms with Crippen LogP contribution < -0.4 is 0 Å². The van der Waals surface area contributed by atoms with Gasteiger partial charge in [-0.2, -0.15) is 8.42 Å². The molecule has 0 unspecified atom stereocenters. The molecule has 1 aliphatic heterocycles. The van der Waals surface area contributed by atoms with Gasteiger partial charge in [-0.3, -0.25) is 4.18 Å². The molecule has 4 aromatic rings. The van der Waals surface area contributed by atoms with Gasteiger partial charge in [-0.15, -0.1) is 0 Å². The number of aliphatic hydroxyl groups is 1. The van der Waals surface area contributed by atoms with Gasteiger partial charge in [0.1, 0.15) is 12.7 Å². The van der Waals surface area contributed by atoms with Crippen LogP contribution in [-0.4, -0.2) is 68.7 Å². The Balaban J connectivity index is 1.51. The predicted octanol–water partition coefficient (Wildman–Crippen LogP) is 4.09. The van der Waals surface area contributed by atoms with E-state index in [2.05, 4.69) is 0 Å². The lowest BCUT2D eigenvalue weighted by molar-refractivity contribution is -0.278. The molecule has 1 fully saturated rings. The van der Waals surface area contributed by atoms with Crippen LogP contribution in [0.25, 0.3) is 0 Å². The Hall–Kier alpha value is -4.88. The summed E-state index contributed by atoms with van der Waals surface area (Å²) in [4.78, 5) is 39.1. The normalized spacial score (nSPS) is 21.1. The monoisotopic (exact) mass is 646 g/mol. The van der Waals surface area contributed by atoms with Crippen molar-refractivity contribution in [2.45, 2.75) is 42.5 Å². The van der Waals surface area contributed by atoms with E-state index in [0.29, 0.717) is 0 Å². The van der Waals surface area contributed by atoms with Gasteiger partial charge in [-0.25, -0.2) is 14.4 Å². The molecular weight excluding hydrogens is 616 g/mol. The Morgan fingerprint density at radius 3 is 1.61 bits per heavy atom. The standard InChI is InChI=1S/C34H30O11S/c1-22-17-19-26(20-18-22)46(39,40)45-30-29(44-33(37)25-15-9-4-10-16-25)28(43-32(36)24-13-7-3-8-14-24)27(42-34(30)38)21-41-31(35)23-11-5-2-6-12-23/h2-20,27-30,34,38H,21H2,1H3/t27-,28-,29+,30-,34+/m1/s1. The van der Waals surface area contributed by atoms with E-state index in [9.17, 15) is 27.9 Å². The maximum Gasteiger partial charge on any atom is 0.338 e. The fourth-order valence-electron chi connectivity index (χ4n) is 4.66. The number of carbonyl (C=O) groups is 3. The number of hydrogen-bond acceptors (Lipinski definition) is 11. The van der Waals surface area contributed by atoms with Gasteiger partial charge in [-0.1, -0.05) is 72.3 Å². The molecule has 5 atom stereocenters. The van der Waals surface area contributed by atoms with Crippen molar-refractivity contribution in [3.05, 3.63) is 138 Å². The van der Waals surface area contributed by atoms with E-state index in [1.54, 1.807) is 73.7 Å². The van der Waals surface area contributed by atoms with Crippen molar-refractivity contribution in [2.24, 2.45) is 0 Å². The van der Waals surface area contributed by atoms with Crippen LogP contribution in [0.2, 0.25) is 0 Å². The molecule has 0 aliphatic carbocycles. The molecule has 0 bridgehead atoms. The number of rotatable bonds is 10. The molecule has 5 rings (SSSR count). The lowest BCUT2D eigenvalue weighted by Crippen LogP contribution is -2.62. The SMILES string of the molecule is Cc1ccc(S(=O)(=O)O[C@@H]2[C@@H](OC(=O)c3ccccc3)[C@H](OC(=O)c3ccccc3)[C@@H](COC(=O)c3ccccc3)O[C@@H]2O)cc1. The second-order valence-corrected chi connectivity index (χ2v) is 11.9. The van der Waals surface area contributed by atoms with E-state index in [1.807, 2.05) is 0 Å². The number of esters is 3. The van der Waals surface area contributed by atoms with Gasteiger partial charge in [-0.05, 0) is 55.5 Å². The predicted molar refractivity (Wildman–Crippen MR) is 162 cm³/mol. The largest absolute Gasteiger partial charge is 0.459 e. The lowest BCUT2D eigenvalue weighted by atomic mass is 9.98. The van der Waals surface area contributed by atoms with E-state index < -0.39 is 65.3 Å². The fourth-order valence-corrected chi connectivity index (χ4v) is 5.74. The van der Waals surface area contributed by atoms with Crippen molar-refractivity contribution in [1.29, 1.82) is 0 Å². The van der Waals surface area contributed by atoms with Crippen molar-refractivity contribution < 1.29 is 51.0 Å². The molecule has 0 spiro atoms. The second kappa shape index (κ2) is 14.5. The number of hydrogen-bond donors (Lipinski definition) is 1. The molecule has 1 saturated heterocycles. The van der Waals surface area contributed by atoms with Crippen LogP contribution in [0.4, 0.5) is 0 Å². The van der Waals surface area contributed by atoms with Gasteiger partial charge in [0.25, 0.3) is 10.1 Å². The Morgan fingerprint density at radius 1 is 0.652 bits per heavy atom. The minimum absolute atomic E-state index is 0.0869. The molecule has 1 aliphatic rings. The van der Waals surface area contributed by atoms with Crippen molar-refractivity contribution in [3.8, 4) is 0 Å². The first-order valence-corrected chi connectivity index (χ1v) is 15.6. The van der Waals surface area contributed by atoms with Crippen LogP contribution in [-0.2, 0) is 33.2 Å². The Morgan fingerprint density at radius 2 is 1.11 bits per heavy atom. The quantitative estimate of drug-likeness (QED) is 0.151. The van der Waals surface area contributed by atoms with Crippen LogP contribution in [0, 0.1) is 6.92 Å². The molecular formula is C34H30O11S. The van der Waals surface area contributed by atoms with E-state index in [4.69, 9.17) is 23.1 Å². The highest BCUT2D eigenvalue weighted by atomic mass is 32.2. The number of benzene rings is 4. The molecule has 0 saturated carbocycles. The van der Waals surface area contributed by atoms with Crippen LogP contribution >= 0.6 is 0 Å². The molecule has 46 heavy (non-hydrogen) atoms. The first-order chi connectivity index (χ1) is 22.1. The number of aliphatic hydroxyl groups excluding tert-OH is 1. The molecule has 0 radical (unpaired) electrons. The zero-order valence-corrected chi connectivity index (χ0v) is 25.3. The van der Waals surface area contributed by atoms with E-state index >= 15 is 0 Å². The van der Waals surface area contributed by atoms with Crippen molar-refractivity contribution in [1.82, 2.24) is 0 Å². The van der Waals surface area contributed by atoms with Gasteiger partial charge >= 0.3 is 17.9 Å². The zero-order valence-electron chi connectivity index (χ0n) is 24.5. The minimum Gasteiger partial charge on any atom is -0.459 e. The molecule has 0 aromatic heterocycles. The van der Waals surface area contributed by atoms with Gasteiger partial charge < -0.3 is 24.1 Å². The third kappa shape index (κ3) is 7.85. The van der Waals surface area contributed by atoms with E-state index in [-0.39, 0.29) is 21.6 Å². The van der Waals surface area contributed by atoms with Crippen LogP contribution in [0.5, 0.6) is 0 Å². The summed E-state index contributed by atoms with van der Waals surface area (Å²) >= 11 is 0. The molecule has 238 valence electrons. The maximum absolute atomic E-state index is 13.4. The average Bonchev–Trinajstić information content (AvgIpc) is 3.07. The summed E-state index contributed by atoms with van der Waals surface area (Å²) in [7, 11) is -4.58. The summed E-state index contributed by atoms with van der Waals surface area (Å²) in [5, 5.41) is 11.1. The molecule has 1 heterocycles. The third-order valence-electron chi connectivity index (χ3n) is 7.05. The first kappa shape index (κ1) is 32.5. The van der Waals surface area contributed by atoms with Crippen LogP contribution in [0.15, 0.2) is 120 Å². The number of carbonyl (C=O) groups excluding carboxylic acids is 3. The lowest BCUT2D eigenvalue weighted by Gasteiger charge is -2.42. The fraction of sp³-hybridized carbons (Fsp3) is 0.206. The van der Waals surface area contributed by atoms with Crippen LogP contribution in [0.1, 0.15) is 36.6 Å². The summed E-state index contributed by atoms with van der Waals surface area (Å²) in [6.07, 6.45) is -8.75. The molecule has 0 amide bonds. The van der Waals surface area contributed by atoms with Gasteiger partial charge in [0, 0.05) is 0 Å². The molecule has 4 aromatic carbocycles. The van der Waals surface area contributed by atoms with Crippen LogP contribution in [0.3, 0.4) is 0 Å². The summed E-state index contributed by atoms with van der Waals surface area (Å²) in [6.45, 7) is 1.19. The first-order valence-electron chi connectivity index (χ1n) is 14.2. The second-order valence-electron chi connectivity index (χ2n) is 10.3. The third-order valence-corrected chi connectivity index (χ3v) is 8.38. The number of aryl methyl sites for hydroxylation is 1. The smallest absolute Gasteiger partial charge is 0.338 e. The average molecular weight is 647 g/mol. The van der Waals surface area contributed by atoms with Crippen molar-refractivity contribution in [2.75, 3.05) is 6.61 Å². The molecule has 11 nitrogen and oxygen atoms in total. The summed E-state index contributed by atoms with van der Waals surface area (Å²) in [6, 6.07) is 29.4. The van der Waals surface area contributed by atoms with Gasteiger partial charge in [0.15, 0.2) is 24.6 Å². The maximum atomic E-state index is 13.4. The Labute approximate surface area is 265 Å². The highest BCUT2D eigenvalue weighted by Crippen LogP contribution is 2.31. The van der Waals surface area contributed by atoms with Crippen molar-refractivity contribution in [3.63, 3.8) is 0 Å². The summed E-state index contributed by atoms with van der Waals surface area (Å²) in [5.41, 5.74) is 1.21. The summed E-state index contributed by atoms with van der Waals surface area (Å²) in [5.74, 6) is -2.56. The summed E-state index contributed by atoms with van der Waals surface area (Å²) < 4.78 is 54.8. The minimum atomic E-state index is -4.58. The highest BCUT2D eigenvalue weighted by molar-refractivity contribution is 7.86. The van der Waals surface area contributed by atoms with Gasteiger partial charge in [0.2, 0.25) is 0 Å². The van der Waals surface area contributed by atoms with E-state index in [0.717, 1.165) is 5.56 Å². The Kier molecular flexibility index (Phi) is 10.2. The molecule has 12 heteroatoms. The Bertz CT molecular complexity index is 1750. The highest BCUT2D eigenvalue weighted by Gasteiger charge is 2.53. The van der Waals surface area contributed by atoms with Gasteiger partial charge in [0.05, 0.1) is 21.6 Å². The number of ether oxygens (including phenoxy) is 4. The zero-order chi connectivity index (χ0) is 32.7.